The molecule has 1 unspecified atom stereocenters. The Morgan fingerprint density at radius 3 is 2.42 bits per heavy atom. The molecule has 9 nitrogen and oxygen atoms in total. The number of piperazine rings is 1. The van der Waals surface area contributed by atoms with E-state index in [0.29, 0.717) is 17.7 Å². The smallest absolute Gasteiger partial charge is 0.225 e. The van der Waals surface area contributed by atoms with Gasteiger partial charge in [0.15, 0.2) is 0 Å². The van der Waals surface area contributed by atoms with Crippen molar-refractivity contribution in [1.82, 2.24) is 25.2 Å². The zero-order chi connectivity index (χ0) is 28.9. The highest BCUT2D eigenvalue weighted by Crippen LogP contribution is 2.22. The van der Waals surface area contributed by atoms with Crippen LogP contribution in [-0.2, 0) is 11.3 Å². The highest BCUT2D eigenvalue weighted by Gasteiger charge is 2.20. The van der Waals surface area contributed by atoms with Gasteiger partial charge in [-0.15, -0.1) is 0 Å². The Bertz CT molecular complexity index is 1140. The molecule has 0 aromatic carbocycles. The average molecular weight is 551 g/mol. The molecule has 218 valence electrons. The van der Waals surface area contributed by atoms with Crippen LogP contribution in [-0.4, -0.2) is 84.0 Å². The Hall–Kier alpha value is -3.24. The minimum atomic E-state index is 0.615. The van der Waals surface area contributed by atoms with E-state index in [1.807, 2.05) is 51.1 Å². The first-order chi connectivity index (χ1) is 19.3. The number of anilines is 1. The van der Waals surface area contributed by atoms with Gasteiger partial charge in [0.05, 0.1) is 25.5 Å². The van der Waals surface area contributed by atoms with Crippen molar-refractivity contribution < 1.29 is 14.4 Å². The number of likely N-dealkylation sites (N-methyl/N-ethyl adjacent to an activating group) is 1. The van der Waals surface area contributed by atoms with Crippen LogP contribution in [0.15, 0.2) is 65.4 Å². The van der Waals surface area contributed by atoms with Crippen molar-refractivity contribution in [1.29, 1.82) is 0 Å². The predicted molar refractivity (Wildman–Crippen MR) is 162 cm³/mol. The van der Waals surface area contributed by atoms with Crippen LogP contribution in [0.4, 0.5) is 5.95 Å². The van der Waals surface area contributed by atoms with E-state index in [-0.39, 0.29) is 0 Å². The van der Waals surface area contributed by atoms with Crippen LogP contribution in [0.2, 0.25) is 0 Å². The van der Waals surface area contributed by atoms with Gasteiger partial charge in [-0.25, -0.2) is 9.97 Å². The van der Waals surface area contributed by atoms with Crippen molar-refractivity contribution in [3.63, 3.8) is 0 Å². The van der Waals surface area contributed by atoms with E-state index in [0.717, 1.165) is 87.1 Å². The number of hydrogen-bond acceptors (Lipinski definition) is 9. The summed E-state index contributed by atoms with van der Waals surface area (Å²) in [5, 5.41) is 9.27. The maximum atomic E-state index is 9.27. The maximum absolute atomic E-state index is 9.27. The molecule has 2 aromatic heterocycles. The molecular weight excluding hydrogens is 504 g/mol. The Kier molecular flexibility index (Phi) is 12.6. The Labute approximate surface area is 239 Å². The quantitative estimate of drug-likeness (QED) is 0.331. The number of hydroxylamine groups is 1. The van der Waals surface area contributed by atoms with Crippen molar-refractivity contribution in [2.75, 3.05) is 57.9 Å². The van der Waals surface area contributed by atoms with Gasteiger partial charge in [-0.1, -0.05) is 43.4 Å². The fourth-order valence-corrected chi connectivity index (χ4v) is 4.36. The largest absolute Gasteiger partial charge is 0.460 e. The molecule has 0 radical (unpaired) electrons. The van der Waals surface area contributed by atoms with E-state index in [4.69, 9.17) is 9.15 Å². The molecular formula is C31H46N6O3. The molecule has 40 heavy (non-hydrogen) atoms. The SMILES string of the molecule is C=C(C)/C=C\C(=C/C)c1ccc(CN2CCN(c3ncc(/C(=C/CC)NO)cn3)CC2)o1.CC1COCCN1C. The monoisotopic (exact) mass is 550 g/mol. The van der Waals surface area contributed by atoms with Crippen molar-refractivity contribution in [2.45, 2.75) is 46.7 Å². The number of nitrogens with zero attached hydrogens (tertiary/aromatic N) is 5. The molecule has 2 N–H and O–H groups in total. The topological polar surface area (TPSA) is 90.1 Å². The van der Waals surface area contributed by atoms with E-state index in [1.165, 1.54) is 0 Å². The lowest BCUT2D eigenvalue weighted by Gasteiger charge is -2.34. The molecule has 4 heterocycles. The van der Waals surface area contributed by atoms with Gasteiger partial charge in [0.25, 0.3) is 0 Å². The summed E-state index contributed by atoms with van der Waals surface area (Å²) < 4.78 is 11.3. The molecule has 4 rings (SSSR count). The molecule has 2 fully saturated rings. The summed E-state index contributed by atoms with van der Waals surface area (Å²) in [6, 6.07) is 4.70. The van der Waals surface area contributed by atoms with Crippen molar-refractivity contribution in [3.8, 4) is 0 Å². The van der Waals surface area contributed by atoms with Crippen LogP contribution in [0.3, 0.4) is 0 Å². The molecule has 2 aliphatic heterocycles. The Balaban J connectivity index is 0.000000472. The summed E-state index contributed by atoms with van der Waals surface area (Å²) in [5.41, 5.74) is 5.67. The normalized spacial score (nSPS) is 19.4. The summed E-state index contributed by atoms with van der Waals surface area (Å²) in [7, 11) is 2.13. The molecule has 0 spiro atoms. The summed E-state index contributed by atoms with van der Waals surface area (Å²) >= 11 is 0. The molecule has 2 aliphatic rings. The van der Waals surface area contributed by atoms with E-state index >= 15 is 0 Å². The van der Waals surface area contributed by atoms with Crippen LogP contribution < -0.4 is 10.4 Å². The zero-order valence-electron chi connectivity index (χ0n) is 24.8. The zero-order valence-corrected chi connectivity index (χ0v) is 24.8. The van der Waals surface area contributed by atoms with Crippen LogP contribution in [0, 0.1) is 0 Å². The van der Waals surface area contributed by atoms with E-state index in [9.17, 15) is 5.21 Å². The second kappa shape index (κ2) is 16.1. The molecule has 0 saturated carbocycles. The minimum Gasteiger partial charge on any atom is -0.460 e. The minimum absolute atomic E-state index is 0.615. The van der Waals surface area contributed by atoms with Crippen LogP contribution in [0.25, 0.3) is 11.3 Å². The van der Waals surface area contributed by atoms with Crippen molar-refractivity contribution >= 4 is 17.2 Å². The average Bonchev–Trinajstić information content (AvgIpc) is 3.42. The molecule has 9 heteroatoms. The molecule has 1 atom stereocenters. The van der Waals surface area contributed by atoms with Gasteiger partial charge >= 0.3 is 0 Å². The lowest BCUT2D eigenvalue weighted by atomic mass is 10.1. The molecule has 0 bridgehead atoms. The highest BCUT2D eigenvalue weighted by molar-refractivity contribution is 5.71. The van der Waals surface area contributed by atoms with Gasteiger partial charge in [-0.2, -0.15) is 0 Å². The van der Waals surface area contributed by atoms with Crippen molar-refractivity contribution in [2.24, 2.45) is 0 Å². The summed E-state index contributed by atoms with van der Waals surface area (Å²) in [4.78, 5) is 15.9. The van der Waals surface area contributed by atoms with Crippen LogP contribution in [0.1, 0.15) is 51.2 Å². The second-order valence-corrected chi connectivity index (χ2v) is 10.3. The number of nitrogens with one attached hydrogen (secondary N) is 1. The van der Waals surface area contributed by atoms with E-state index in [1.54, 1.807) is 12.4 Å². The highest BCUT2D eigenvalue weighted by atomic mass is 16.5. The first-order valence-corrected chi connectivity index (χ1v) is 14.1. The van der Waals surface area contributed by atoms with E-state index in [2.05, 4.69) is 56.8 Å². The summed E-state index contributed by atoms with van der Waals surface area (Å²) in [5.74, 6) is 2.55. The van der Waals surface area contributed by atoms with Gasteiger partial charge < -0.3 is 14.1 Å². The number of ether oxygens (including phenoxy) is 1. The molecule has 0 aliphatic carbocycles. The number of hydrogen-bond donors (Lipinski definition) is 2. The summed E-state index contributed by atoms with van der Waals surface area (Å²) in [6.07, 6.45) is 12.3. The van der Waals surface area contributed by atoms with Gasteiger partial charge in [0.2, 0.25) is 5.95 Å². The maximum Gasteiger partial charge on any atom is 0.225 e. The Morgan fingerprint density at radius 2 is 1.88 bits per heavy atom. The number of aromatic nitrogens is 2. The van der Waals surface area contributed by atoms with Crippen LogP contribution in [0.5, 0.6) is 0 Å². The fourth-order valence-electron chi connectivity index (χ4n) is 4.36. The summed E-state index contributed by atoms with van der Waals surface area (Å²) in [6.45, 7) is 19.3. The van der Waals surface area contributed by atoms with Gasteiger partial charge in [-0.3, -0.25) is 20.5 Å². The first kappa shape index (κ1) is 31.3. The van der Waals surface area contributed by atoms with Crippen LogP contribution >= 0.6 is 0 Å². The second-order valence-electron chi connectivity index (χ2n) is 10.3. The van der Waals surface area contributed by atoms with E-state index < -0.39 is 0 Å². The standard InChI is InChI=1S/C25H33N5O2.C6H13NO/c1-5-7-23(28-31)21-16-26-25(27-17-21)30-14-12-29(13-15-30)18-22-10-11-24(32-22)20(6-2)9-8-19(3)4;1-6-5-8-4-3-7(6)2/h6-11,16-17,28,31H,3,5,12-15,18H2,1-2,4H3;6H,3-5H2,1-2H3/b9-8-,20-6+,23-7-;. The van der Waals surface area contributed by atoms with Gasteiger partial charge in [0, 0.05) is 62.3 Å². The fraction of sp³-hybridized carbons (Fsp3) is 0.484. The lowest BCUT2D eigenvalue weighted by Crippen LogP contribution is -2.46. The third kappa shape index (κ3) is 9.45. The molecule has 2 aromatic rings. The third-order valence-corrected chi connectivity index (χ3v) is 7.02. The van der Waals surface area contributed by atoms with Gasteiger partial charge in [0.1, 0.15) is 11.5 Å². The lowest BCUT2D eigenvalue weighted by molar-refractivity contribution is 0.0131. The first-order valence-electron chi connectivity index (χ1n) is 14.1. The number of allylic oxidation sites excluding steroid dienone is 6. The number of furan rings is 1. The number of rotatable bonds is 9. The third-order valence-electron chi connectivity index (χ3n) is 7.02. The predicted octanol–water partition coefficient (Wildman–Crippen LogP) is 4.99. The molecule has 0 amide bonds. The van der Waals surface area contributed by atoms with Crippen molar-refractivity contribution in [3.05, 3.63) is 78.1 Å². The molecule has 2 saturated heterocycles. The van der Waals surface area contributed by atoms with Gasteiger partial charge in [-0.05, 0) is 46.4 Å². The Morgan fingerprint density at radius 1 is 1.15 bits per heavy atom. The number of morpholine rings is 1.